The van der Waals surface area contributed by atoms with Gasteiger partial charge in [-0.1, -0.05) is 18.2 Å². The number of nitrogens with one attached hydrogen (secondary N) is 1. The molecule has 1 aromatic carbocycles. The molecule has 1 atom stereocenters. The topological polar surface area (TPSA) is 128 Å². The lowest BCUT2D eigenvalue weighted by Gasteiger charge is -2.22. The summed E-state index contributed by atoms with van der Waals surface area (Å²) < 4.78 is 0. The molecule has 9 heteroatoms. The molecular formula is C16H20N6O3. The van der Waals surface area contributed by atoms with Crippen molar-refractivity contribution in [3.05, 3.63) is 36.2 Å². The quantitative estimate of drug-likeness (QED) is 0.658. The average molecular weight is 344 g/mol. The Hall–Kier alpha value is -2.78. The maximum atomic E-state index is 13.0. The lowest BCUT2D eigenvalue weighted by molar-refractivity contribution is -0.119. The van der Waals surface area contributed by atoms with Crippen LogP contribution in [-0.2, 0) is 4.79 Å². The Bertz CT molecular complexity index is 748. The van der Waals surface area contributed by atoms with Crippen LogP contribution in [0.1, 0.15) is 10.4 Å². The number of aromatic amines is 1. The molecule has 1 aliphatic heterocycles. The maximum absolute atomic E-state index is 13.0. The van der Waals surface area contributed by atoms with Gasteiger partial charge in [0.1, 0.15) is 6.33 Å². The number of rotatable bonds is 4. The first-order valence-electron chi connectivity index (χ1n) is 7.97. The van der Waals surface area contributed by atoms with Gasteiger partial charge in [0.2, 0.25) is 5.91 Å². The third kappa shape index (κ3) is 4.01. The number of carbonyl (C=O) groups excluding carboxylic acids is 2. The van der Waals surface area contributed by atoms with Crippen LogP contribution in [-0.4, -0.2) is 80.7 Å². The zero-order valence-electron chi connectivity index (χ0n) is 13.6. The fourth-order valence-electron chi connectivity index (χ4n) is 2.99. The largest absolute Gasteiger partial charge is 0.390 e. The molecule has 1 fully saturated rings. The van der Waals surface area contributed by atoms with Gasteiger partial charge in [-0.3, -0.25) is 19.6 Å². The van der Waals surface area contributed by atoms with E-state index in [4.69, 9.17) is 5.73 Å². The van der Waals surface area contributed by atoms with E-state index in [1.54, 1.807) is 28.0 Å². The fraction of sp³-hybridized carbons (Fsp3) is 0.375. The maximum Gasteiger partial charge on any atom is 0.254 e. The van der Waals surface area contributed by atoms with Crippen molar-refractivity contribution in [1.29, 1.82) is 0 Å². The van der Waals surface area contributed by atoms with Gasteiger partial charge >= 0.3 is 0 Å². The lowest BCUT2D eigenvalue weighted by atomic mass is 10.1. The summed E-state index contributed by atoms with van der Waals surface area (Å²) in [5, 5.41) is 16.8. The highest BCUT2D eigenvalue weighted by atomic mass is 16.3. The van der Waals surface area contributed by atoms with Crippen molar-refractivity contribution in [2.45, 2.75) is 6.10 Å². The number of aliphatic hydroxyl groups excluding tert-OH is 1. The van der Waals surface area contributed by atoms with E-state index in [1.165, 1.54) is 6.33 Å². The van der Waals surface area contributed by atoms with Gasteiger partial charge in [-0.25, -0.2) is 4.98 Å². The lowest BCUT2D eigenvalue weighted by Crippen LogP contribution is -2.38. The van der Waals surface area contributed by atoms with Gasteiger partial charge in [0, 0.05) is 31.7 Å². The number of aliphatic hydroxyl groups is 1. The van der Waals surface area contributed by atoms with E-state index in [9.17, 15) is 14.7 Å². The summed E-state index contributed by atoms with van der Waals surface area (Å²) in [7, 11) is 0. The molecule has 9 nitrogen and oxygen atoms in total. The molecule has 4 N–H and O–H groups in total. The highest BCUT2D eigenvalue weighted by molar-refractivity contribution is 6.00. The second-order valence-corrected chi connectivity index (χ2v) is 5.99. The molecule has 1 aromatic heterocycles. The Morgan fingerprint density at radius 3 is 2.80 bits per heavy atom. The van der Waals surface area contributed by atoms with Crippen LogP contribution in [0.25, 0.3) is 11.4 Å². The van der Waals surface area contributed by atoms with E-state index in [0.717, 1.165) is 0 Å². The standard InChI is InChI=1S/C16H20N6O3/c17-14(24)9-21-5-6-22(8-11(23)7-21)16(25)13-4-2-1-3-12(13)15-18-10-19-20-15/h1-4,10-11,23H,5-9H2,(H2,17,24)(H,18,19,20)/t11-/m0/s1. The van der Waals surface area contributed by atoms with Gasteiger partial charge in [0.15, 0.2) is 5.82 Å². The number of nitrogens with two attached hydrogens (primary N) is 1. The Labute approximate surface area is 144 Å². The second kappa shape index (κ2) is 7.41. The van der Waals surface area contributed by atoms with Crippen molar-refractivity contribution < 1.29 is 14.7 Å². The minimum atomic E-state index is -0.747. The number of β-amino-alcohol motifs (C(OH)–C–C–N with tert-alkyl or cyclic N) is 1. The fourth-order valence-corrected chi connectivity index (χ4v) is 2.99. The number of H-pyrrole nitrogens is 1. The minimum absolute atomic E-state index is 0.0632. The van der Waals surface area contributed by atoms with Crippen LogP contribution < -0.4 is 5.73 Å². The number of primary amides is 1. The van der Waals surface area contributed by atoms with Gasteiger partial charge in [0.25, 0.3) is 5.91 Å². The molecule has 1 aliphatic rings. The molecule has 0 spiro atoms. The summed E-state index contributed by atoms with van der Waals surface area (Å²) >= 11 is 0. The summed E-state index contributed by atoms with van der Waals surface area (Å²) in [6.07, 6.45) is 0.636. The van der Waals surface area contributed by atoms with E-state index in [1.807, 2.05) is 6.07 Å². The number of carbonyl (C=O) groups is 2. The van der Waals surface area contributed by atoms with Crippen LogP contribution in [0.5, 0.6) is 0 Å². The van der Waals surface area contributed by atoms with E-state index >= 15 is 0 Å². The molecule has 2 aromatic rings. The molecule has 3 rings (SSSR count). The SMILES string of the molecule is NC(=O)CN1CCN(C(=O)c2ccccc2-c2ncn[nH]2)C[C@@H](O)C1. The monoisotopic (exact) mass is 344 g/mol. The van der Waals surface area contributed by atoms with Crippen LogP contribution in [0.2, 0.25) is 0 Å². The Morgan fingerprint density at radius 1 is 1.28 bits per heavy atom. The van der Waals surface area contributed by atoms with Gasteiger partial charge in [-0.2, -0.15) is 5.10 Å². The molecule has 0 radical (unpaired) electrons. The van der Waals surface area contributed by atoms with Crippen LogP contribution in [0.15, 0.2) is 30.6 Å². The zero-order chi connectivity index (χ0) is 17.8. The highest BCUT2D eigenvalue weighted by Gasteiger charge is 2.27. The molecule has 132 valence electrons. The third-order valence-electron chi connectivity index (χ3n) is 4.08. The summed E-state index contributed by atoms with van der Waals surface area (Å²) in [5.41, 5.74) is 6.35. The Balaban J connectivity index is 1.81. The first-order valence-corrected chi connectivity index (χ1v) is 7.97. The predicted molar refractivity (Wildman–Crippen MR) is 89.4 cm³/mol. The molecule has 25 heavy (non-hydrogen) atoms. The van der Waals surface area contributed by atoms with Crippen LogP contribution >= 0.6 is 0 Å². The number of benzene rings is 1. The van der Waals surface area contributed by atoms with Crippen molar-refractivity contribution in [2.24, 2.45) is 5.73 Å². The Morgan fingerprint density at radius 2 is 2.08 bits per heavy atom. The summed E-state index contributed by atoms with van der Waals surface area (Å²) in [6.45, 7) is 1.42. The van der Waals surface area contributed by atoms with E-state index in [0.29, 0.717) is 36.6 Å². The molecule has 0 bridgehead atoms. The summed E-state index contributed by atoms with van der Waals surface area (Å²) in [6, 6.07) is 7.11. The number of hydrogen-bond acceptors (Lipinski definition) is 6. The van der Waals surface area contributed by atoms with Crippen molar-refractivity contribution in [1.82, 2.24) is 25.0 Å². The molecule has 0 saturated carbocycles. The number of amides is 2. The molecular weight excluding hydrogens is 324 g/mol. The third-order valence-corrected chi connectivity index (χ3v) is 4.08. The van der Waals surface area contributed by atoms with E-state index in [-0.39, 0.29) is 19.0 Å². The molecule has 1 saturated heterocycles. The minimum Gasteiger partial charge on any atom is -0.390 e. The normalized spacial score (nSPS) is 18.8. The molecule has 0 unspecified atom stereocenters. The van der Waals surface area contributed by atoms with Gasteiger partial charge in [0.05, 0.1) is 18.2 Å². The van der Waals surface area contributed by atoms with Crippen molar-refractivity contribution in [3.8, 4) is 11.4 Å². The van der Waals surface area contributed by atoms with Crippen molar-refractivity contribution in [3.63, 3.8) is 0 Å². The number of hydrogen-bond donors (Lipinski definition) is 3. The van der Waals surface area contributed by atoms with Gasteiger partial charge < -0.3 is 15.7 Å². The van der Waals surface area contributed by atoms with E-state index < -0.39 is 12.0 Å². The highest BCUT2D eigenvalue weighted by Crippen LogP contribution is 2.21. The average Bonchev–Trinajstić information content (AvgIpc) is 3.05. The van der Waals surface area contributed by atoms with Gasteiger partial charge in [-0.15, -0.1) is 0 Å². The Kier molecular flexibility index (Phi) is 5.05. The summed E-state index contributed by atoms with van der Waals surface area (Å²) in [4.78, 5) is 31.5. The number of nitrogens with zero attached hydrogens (tertiary/aromatic N) is 4. The number of aromatic nitrogens is 3. The second-order valence-electron chi connectivity index (χ2n) is 5.99. The summed E-state index contributed by atoms with van der Waals surface area (Å²) in [5.74, 6) is -0.149. The van der Waals surface area contributed by atoms with Crippen LogP contribution in [0.4, 0.5) is 0 Å². The van der Waals surface area contributed by atoms with Crippen molar-refractivity contribution >= 4 is 11.8 Å². The molecule has 2 amide bonds. The van der Waals surface area contributed by atoms with Crippen LogP contribution in [0.3, 0.4) is 0 Å². The van der Waals surface area contributed by atoms with Gasteiger partial charge in [-0.05, 0) is 6.07 Å². The zero-order valence-corrected chi connectivity index (χ0v) is 13.6. The first-order chi connectivity index (χ1) is 12.0. The first kappa shape index (κ1) is 17.1. The van der Waals surface area contributed by atoms with E-state index in [2.05, 4.69) is 15.2 Å². The molecule has 0 aliphatic carbocycles. The van der Waals surface area contributed by atoms with Crippen LogP contribution in [0, 0.1) is 0 Å². The molecule has 2 heterocycles. The smallest absolute Gasteiger partial charge is 0.254 e. The van der Waals surface area contributed by atoms with Crippen molar-refractivity contribution in [2.75, 3.05) is 32.7 Å². The predicted octanol–water partition coefficient (Wildman–Crippen LogP) is -0.924.